The van der Waals surface area contributed by atoms with Gasteiger partial charge in [-0.15, -0.1) is 0 Å². The minimum Gasteiger partial charge on any atom is -0.494 e. The van der Waals surface area contributed by atoms with Gasteiger partial charge in [-0.05, 0) is 36.8 Å². The molecule has 0 radical (unpaired) electrons. The summed E-state index contributed by atoms with van der Waals surface area (Å²) in [7, 11) is 0. The molecule has 0 heterocycles. The maximum atomic E-state index is 12.3. The number of nitro benzene ring substituents is 1. The van der Waals surface area contributed by atoms with E-state index in [1.165, 1.54) is 18.2 Å². The number of carbonyl (C=O) groups is 1. The molecule has 2 rings (SSSR count). The van der Waals surface area contributed by atoms with E-state index in [-0.39, 0.29) is 16.4 Å². The Morgan fingerprint density at radius 1 is 1.29 bits per heavy atom. The molecule has 0 aromatic heterocycles. The molecule has 0 bridgehead atoms. The Hall–Kier alpha value is -2.60. The summed E-state index contributed by atoms with van der Waals surface area (Å²) in [4.78, 5) is 22.8. The number of halogens is 1. The topological polar surface area (TPSA) is 81.5 Å². The molecule has 0 fully saturated rings. The van der Waals surface area contributed by atoms with E-state index in [9.17, 15) is 14.9 Å². The van der Waals surface area contributed by atoms with E-state index in [1.54, 1.807) is 24.3 Å². The van der Waals surface area contributed by atoms with E-state index >= 15 is 0 Å². The highest BCUT2D eigenvalue weighted by molar-refractivity contribution is 6.31. The molecule has 6 nitrogen and oxygen atoms in total. The minimum atomic E-state index is -0.591. The number of amides is 1. The average molecular weight is 349 g/mol. The number of rotatable bonds is 7. The molecule has 0 spiro atoms. The Kier molecular flexibility index (Phi) is 6.14. The Labute approximate surface area is 144 Å². The lowest BCUT2D eigenvalue weighted by Gasteiger charge is -2.09. The molecular weight excluding hydrogens is 332 g/mol. The summed E-state index contributed by atoms with van der Waals surface area (Å²) < 4.78 is 5.56. The number of nitrogens with one attached hydrogen (secondary N) is 1. The molecule has 0 atom stereocenters. The summed E-state index contributed by atoms with van der Waals surface area (Å²) >= 11 is 5.76. The van der Waals surface area contributed by atoms with Gasteiger partial charge in [-0.2, -0.15) is 0 Å². The molecule has 1 N–H and O–H groups in total. The molecule has 0 aliphatic carbocycles. The third-order valence-electron chi connectivity index (χ3n) is 3.27. The van der Waals surface area contributed by atoms with Gasteiger partial charge in [0, 0.05) is 16.7 Å². The van der Waals surface area contributed by atoms with Gasteiger partial charge in [0.1, 0.15) is 11.4 Å². The van der Waals surface area contributed by atoms with Crippen molar-refractivity contribution < 1.29 is 14.5 Å². The van der Waals surface area contributed by atoms with Crippen LogP contribution in [0.5, 0.6) is 5.75 Å². The molecule has 2 aromatic rings. The molecule has 0 aliphatic heterocycles. The second-order valence-electron chi connectivity index (χ2n) is 5.10. The van der Waals surface area contributed by atoms with Crippen LogP contribution in [0.3, 0.4) is 0 Å². The van der Waals surface area contributed by atoms with E-state index in [4.69, 9.17) is 16.3 Å². The van der Waals surface area contributed by atoms with Crippen molar-refractivity contribution in [2.45, 2.75) is 19.8 Å². The van der Waals surface area contributed by atoms with Gasteiger partial charge < -0.3 is 10.1 Å². The monoisotopic (exact) mass is 348 g/mol. The van der Waals surface area contributed by atoms with Crippen LogP contribution in [-0.4, -0.2) is 17.4 Å². The number of hydrogen-bond acceptors (Lipinski definition) is 4. The molecule has 1 amide bonds. The smallest absolute Gasteiger partial charge is 0.294 e. The van der Waals surface area contributed by atoms with Crippen molar-refractivity contribution in [1.82, 2.24) is 0 Å². The van der Waals surface area contributed by atoms with Crippen LogP contribution in [0.4, 0.5) is 11.4 Å². The van der Waals surface area contributed by atoms with E-state index in [1.807, 2.05) is 0 Å². The summed E-state index contributed by atoms with van der Waals surface area (Å²) in [6.45, 7) is 2.64. The van der Waals surface area contributed by atoms with Crippen LogP contribution < -0.4 is 10.1 Å². The zero-order valence-electron chi connectivity index (χ0n) is 13.1. The standard InChI is InChI=1S/C17H17ClN2O4/c1-2-3-9-24-14-6-4-5-12(10-14)17(21)19-15-8-7-13(18)11-16(15)20(22)23/h4-8,10-11H,2-3,9H2,1H3,(H,19,21). The third kappa shape index (κ3) is 4.70. The van der Waals surface area contributed by atoms with Gasteiger partial charge in [-0.25, -0.2) is 0 Å². The maximum Gasteiger partial charge on any atom is 0.294 e. The molecular formula is C17H17ClN2O4. The van der Waals surface area contributed by atoms with Crippen molar-refractivity contribution in [3.8, 4) is 5.75 Å². The van der Waals surface area contributed by atoms with Gasteiger partial charge in [0.2, 0.25) is 0 Å². The zero-order chi connectivity index (χ0) is 17.5. The first kappa shape index (κ1) is 17.7. The fourth-order valence-corrected chi connectivity index (χ4v) is 2.18. The van der Waals surface area contributed by atoms with Crippen LogP contribution >= 0.6 is 11.6 Å². The fraction of sp³-hybridized carbons (Fsp3) is 0.235. The second-order valence-corrected chi connectivity index (χ2v) is 5.54. The summed E-state index contributed by atoms with van der Waals surface area (Å²) in [6, 6.07) is 10.8. The van der Waals surface area contributed by atoms with Gasteiger partial charge in [0.25, 0.3) is 11.6 Å². The van der Waals surface area contributed by atoms with Crippen molar-refractivity contribution in [2.75, 3.05) is 11.9 Å². The van der Waals surface area contributed by atoms with Crippen LogP contribution in [0.1, 0.15) is 30.1 Å². The van der Waals surface area contributed by atoms with Gasteiger partial charge >= 0.3 is 0 Å². The number of carbonyl (C=O) groups excluding carboxylic acids is 1. The Balaban J connectivity index is 2.15. The number of benzene rings is 2. The first-order valence-corrected chi connectivity index (χ1v) is 7.87. The van der Waals surface area contributed by atoms with E-state index in [2.05, 4.69) is 12.2 Å². The van der Waals surface area contributed by atoms with Crippen LogP contribution in [0.15, 0.2) is 42.5 Å². The molecule has 0 unspecified atom stereocenters. The number of ether oxygens (including phenoxy) is 1. The largest absolute Gasteiger partial charge is 0.494 e. The highest BCUT2D eigenvalue weighted by atomic mass is 35.5. The van der Waals surface area contributed by atoms with Gasteiger partial charge in [0.15, 0.2) is 0 Å². The lowest BCUT2D eigenvalue weighted by molar-refractivity contribution is -0.383. The number of anilines is 1. The zero-order valence-corrected chi connectivity index (χ0v) is 13.9. The third-order valence-corrected chi connectivity index (χ3v) is 3.50. The maximum absolute atomic E-state index is 12.3. The predicted molar refractivity (Wildman–Crippen MR) is 92.9 cm³/mol. The Morgan fingerprint density at radius 2 is 2.08 bits per heavy atom. The molecule has 24 heavy (non-hydrogen) atoms. The molecule has 126 valence electrons. The molecule has 0 aliphatic rings. The van der Waals surface area contributed by atoms with Crippen molar-refractivity contribution in [2.24, 2.45) is 0 Å². The molecule has 2 aromatic carbocycles. The lowest BCUT2D eigenvalue weighted by atomic mass is 10.2. The van der Waals surface area contributed by atoms with Crippen LogP contribution in [0.25, 0.3) is 0 Å². The van der Waals surface area contributed by atoms with E-state index in [0.717, 1.165) is 12.8 Å². The number of nitrogens with zero attached hydrogens (tertiary/aromatic N) is 1. The Morgan fingerprint density at radius 3 is 2.79 bits per heavy atom. The van der Waals surface area contributed by atoms with Crippen molar-refractivity contribution >= 4 is 28.9 Å². The SMILES string of the molecule is CCCCOc1cccc(C(=O)Nc2ccc(Cl)cc2[N+](=O)[O-])c1. The van der Waals surface area contributed by atoms with Crippen LogP contribution in [0, 0.1) is 10.1 Å². The fourth-order valence-electron chi connectivity index (χ4n) is 2.02. The van der Waals surface area contributed by atoms with Crippen molar-refractivity contribution in [1.29, 1.82) is 0 Å². The lowest BCUT2D eigenvalue weighted by Crippen LogP contribution is -2.13. The first-order chi connectivity index (χ1) is 11.5. The summed E-state index contributed by atoms with van der Waals surface area (Å²) in [5.41, 5.74) is 0.186. The van der Waals surface area contributed by atoms with Crippen LogP contribution in [-0.2, 0) is 0 Å². The van der Waals surface area contributed by atoms with Crippen LogP contribution in [0.2, 0.25) is 5.02 Å². The Bertz CT molecular complexity index is 749. The molecule has 0 saturated carbocycles. The van der Waals surface area contributed by atoms with E-state index < -0.39 is 10.8 Å². The van der Waals surface area contributed by atoms with Gasteiger partial charge in [-0.3, -0.25) is 14.9 Å². The first-order valence-electron chi connectivity index (χ1n) is 7.49. The summed E-state index contributed by atoms with van der Waals surface area (Å²) in [6.07, 6.45) is 1.94. The normalized spacial score (nSPS) is 10.2. The van der Waals surface area contributed by atoms with Crippen molar-refractivity contribution in [3.05, 3.63) is 63.2 Å². The summed E-state index contributed by atoms with van der Waals surface area (Å²) in [5.74, 6) is 0.128. The molecule has 7 heteroatoms. The minimum absolute atomic E-state index is 0.0895. The number of hydrogen-bond donors (Lipinski definition) is 1. The predicted octanol–water partition coefficient (Wildman–Crippen LogP) is 4.68. The quantitative estimate of drug-likeness (QED) is 0.447. The number of nitro groups is 1. The molecule has 0 saturated heterocycles. The average Bonchev–Trinajstić information content (AvgIpc) is 2.57. The van der Waals surface area contributed by atoms with E-state index in [0.29, 0.717) is 17.9 Å². The summed E-state index contributed by atoms with van der Waals surface area (Å²) in [5, 5.41) is 13.8. The highest BCUT2D eigenvalue weighted by Gasteiger charge is 2.17. The second kappa shape index (κ2) is 8.31. The highest BCUT2D eigenvalue weighted by Crippen LogP contribution is 2.28. The van der Waals surface area contributed by atoms with Gasteiger partial charge in [-0.1, -0.05) is 31.0 Å². The van der Waals surface area contributed by atoms with Gasteiger partial charge in [0.05, 0.1) is 11.5 Å². The number of unbranched alkanes of at least 4 members (excludes halogenated alkanes) is 1. The van der Waals surface area contributed by atoms with Crippen molar-refractivity contribution in [3.63, 3.8) is 0 Å².